The Kier molecular flexibility index (Phi) is 7.72. The Morgan fingerprint density at radius 3 is 2.55 bits per heavy atom. The molecule has 1 saturated carbocycles. The highest BCUT2D eigenvalue weighted by atomic mass is 16.5. The summed E-state index contributed by atoms with van der Waals surface area (Å²) in [4.78, 5) is 8.76. The Balaban J connectivity index is 1.18. The van der Waals surface area contributed by atoms with Crippen LogP contribution in [0.1, 0.15) is 64.2 Å². The fraction of sp³-hybridized carbons (Fsp3) is 0.783. The Labute approximate surface area is 177 Å². The number of hydrogen-bond donors (Lipinski definition) is 0. The van der Waals surface area contributed by atoms with Crippen molar-refractivity contribution in [3.63, 3.8) is 0 Å². The molecule has 0 N–H and O–H groups in total. The summed E-state index contributed by atoms with van der Waals surface area (Å²) in [5, 5.41) is 0. The molecule has 29 heavy (non-hydrogen) atoms. The SMILES string of the molecule is [B]N1CCC[C@H]1COc1cncc(N2CCC(CCOC3CCCCC3)CC2)c1. The van der Waals surface area contributed by atoms with Crippen LogP contribution in [0.4, 0.5) is 5.69 Å². The van der Waals surface area contributed by atoms with E-state index in [2.05, 4.69) is 16.0 Å². The number of rotatable bonds is 8. The van der Waals surface area contributed by atoms with Gasteiger partial charge in [0, 0.05) is 31.8 Å². The van der Waals surface area contributed by atoms with Crippen molar-refractivity contribution in [1.29, 1.82) is 0 Å². The van der Waals surface area contributed by atoms with Gasteiger partial charge in [0.1, 0.15) is 12.4 Å². The van der Waals surface area contributed by atoms with E-state index in [1.54, 1.807) is 0 Å². The van der Waals surface area contributed by atoms with Gasteiger partial charge in [0.2, 0.25) is 0 Å². The molecule has 0 amide bonds. The summed E-state index contributed by atoms with van der Waals surface area (Å²) >= 11 is 0. The van der Waals surface area contributed by atoms with Crippen molar-refractivity contribution in [3.05, 3.63) is 18.5 Å². The molecule has 0 bridgehead atoms. The molecule has 3 fully saturated rings. The summed E-state index contributed by atoms with van der Waals surface area (Å²) in [6, 6.07) is 2.46. The molecule has 1 aliphatic carbocycles. The molecule has 5 nitrogen and oxygen atoms in total. The van der Waals surface area contributed by atoms with Crippen molar-refractivity contribution in [1.82, 2.24) is 9.79 Å². The van der Waals surface area contributed by atoms with Crippen molar-refractivity contribution >= 4 is 13.7 Å². The van der Waals surface area contributed by atoms with E-state index in [0.717, 1.165) is 50.8 Å². The van der Waals surface area contributed by atoms with Gasteiger partial charge in [0.15, 0.2) is 7.98 Å². The molecule has 3 heterocycles. The van der Waals surface area contributed by atoms with E-state index in [9.17, 15) is 0 Å². The van der Waals surface area contributed by atoms with E-state index in [4.69, 9.17) is 17.5 Å². The van der Waals surface area contributed by atoms with Gasteiger partial charge in [-0.2, -0.15) is 0 Å². The maximum absolute atomic E-state index is 6.14. The molecule has 1 atom stereocenters. The number of ether oxygens (including phenoxy) is 2. The molecule has 0 spiro atoms. The van der Waals surface area contributed by atoms with E-state index in [1.165, 1.54) is 57.1 Å². The fourth-order valence-electron chi connectivity index (χ4n) is 5.00. The van der Waals surface area contributed by atoms with Gasteiger partial charge >= 0.3 is 0 Å². The Morgan fingerprint density at radius 2 is 1.79 bits per heavy atom. The van der Waals surface area contributed by atoms with E-state index in [-0.39, 0.29) is 0 Å². The van der Waals surface area contributed by atoms with Crippen LogP contribution >= 0.6 is 0 Å². The van der Waals surface area contributed by atoms with Crippen LogP contribution in [0.2, 0.25) is 0 Å². The second-order valence-corrected chi connectivity index (χ2v) is 9.07. The molecule has 0 aromatic carbocycles. The number of aromatic nitrogens is 1. The van der Waals surface area contributed by atoms with Gasteiger partial charge in [-0.3, -0.25) is 4.98 Å². The van der Waals surface area contributed by atoms with Crippen LogP contribution in [0.5, 0.6) is 5.75 Å². The van der Waals surface area contributed by atoms with Gasteiger partial charge in [0.25, 0.3) is 0 Å². The first-order valence-electron chi connectivity index (χ1n) is 11.7. The Bertz CT molecular complexity index is 618. The monoisotopic (exact) mass is 397 g/mol. The summed E-state index contributed by atoms with van der Waals surface area (Å²) in [5.41, 5.74) is 1.18. The average Bonchev–Trinajstić information content (AvgIpc) is 3.18. The van der Waals surface area contributed by atoms with Crippen LogP contribution in [0.3, 0.4) is 0 Å². The van der Waals surface area contributed by atoms with Crippen LogP contribution < -0.4 is 9.64 Å². The Hall–Kier alpha value is -1.27. The first-order valence-corrected chi connectivity index (χ1v) is 11.7. The number of anilines is 1. The maximum Gasteiger partial charge on any atom is 0.183 e. The highest BCUT2D eigenvalue weighted by molar-refractivity contribution is 6.04. The van der Waals surface area contributed by atoms with E-state index >= 15 is 0 Å². The highest BCUT2D eigenvalue weighted by Crippen LogP contribution is 2.28. The number of nitrogens with zero attached hydrogens (tertiary/aromatic N) is 3. The maximum atomic E-state index is 6.14. The van der Waals surface area contributed by atoms with Crippen molar-refractivity contribution in [2.45, 2.75) is 76.4 Å². The third-order valence-electron chi connectivity index (χ3n) is 6.98. The molecule has 158 valence electrons. The van der Waals surface area contributed by atoms with Gasteiger partial charge in [-0.15, -0.1) is 0 Å². The summed E-state index contributed by atoms with van der Waals surface area (Å²) in [6.07, 6.45) is 16.9. The van der Waals surface area contributed by atoms with Gasteiger partial charge < -0.3 is 19.2 Å². The number of hydrogen-bond acceptors (Lipinski definition) is 5. The van der Waals surface area contributed by atoms with Crippen molar-refractivity contribution < 1.29 is 9.47 Å². The van der Waals surface area contributed by atoms with Gasteiger partial charge in [-0.25, -0.2) is 0 Å². The molecule has 6 heteroatoms. The van der Waals surface area contributed by atoms with E-state index in [1.807, 2.05) is 17.2 Å². The Morgan fingerprint density at radius 1 is 0.966 bits per heavy atom. The van der Waals surface area contributed by atoms with Crippen LogP contribution in [-0.2, 0) is 4.74 Å². The molecule has 2 saturated heterocycles. The molecule has 3 aliphatic rings. The highest BCUT2D eigenvalue weighted by Gasteiger charge is 2.22. The van der Waals surface area contributed by atoms with Gasteiger partial charge in [-0.05, 0) is 57.4 Å². The second kappa shape index (κ2) is 10.7. The zero-order valence-corrected chi connectivity index (χ0v) is 17.8. The van der Waals surface area contributed by atoms with Gasteiger partial charge in [0.05, 0.1) is 24.2 Å². The topological polar surface area (TPSA) is 37.8 Å². The molecule has 2 aliphatic heterocycles. The smallest absolute Gasteiger partial charge is 0.183 e. The fourth-order valence-corrected chi connectivity index (χ4v) is 5.00. The summed E-state index contributed by atoms with van der Waals surface area (Å²) in [7, 11) is 6.00. The molecular formula is C23H36BN3O2. The predicted molar refractivity (Wildman–Crippen MR) is 118 cm³/mol. The van der Waals surface area contributed by atoms with E-state index in [0.29, 0.717) is 18.8 Å². The third-order valence-corrected chi connectivity index (χ3v) is 6.98. The summed E-state index contributed by atoms with van der Waals surface area (Å²) < 4.78 is 12.1. The minimum atomic E-state index is 0.324. The third kappa shape index (κ3) is 6.11. The van der Waals surface area contributed by atoms with Crippen molar-refractivity contribution in [2.75, 3.05) is 37.7 Å². The predicted octanol–water partition coefficient (Wildman–Crippen LogP) is 3.96. The molecule has 0 unspecified atom stereocenters. The zero-order chi connectivity index (χ0) is 19.9. The first-order chi connectivity index (χ1) is 14.3. The lowest BCUT2D eigenvalue weighted by Crippen LogP contribution is -2.34. The van der Waals surface area contributed by atoms with E-state index < -0.39 is 0 Å². The average molecular weight is 397 g/mol. The summed E-state index contributed by atoms with van der Waals surface area (Å²) in [6.45, 7) is 4.74. The van der Waals surface area contributed by atoms with Gasteiger partial charge in [-0.1, -0.05) is 19.3 Å². The van der Waals surface area contributed by atoms with Crippen LogP contribution in [0.25, 0.3) is 0 Å². The lowest BCUT2D eigenvalue weighted by atomic mass is 9.93. The quantitative estimate of drug-likeness (QED) is 0.621. The largest absolute Gasteiger partial charge is 0.490 e. The number of pyridine rings is 1. The second-order valence-electron chi connectivity index (χ2n) is 9.07. The van der Waals surface area contributed by atoms with Crippen molar-refractivity contribution in [2.24, 2.45) is 5.92 Å². The molecule has 1 aromatic rings. The summed E-state index contributed by atoms with van der Waals surface area (Å²) in [5.74, 6) is 1.64. The number of piperidine rings is 1. The normalized spacial score (nSPS) is 24.8. The van der Waals surface area contributed by atoms with Crippen LogP contribution in [0.15, 0.2) is 18.5 Å². The molecular weight excluding hydrogens is 361 g/mol. The minimum absolute atomic E-state index is 0.324. The first kappa shape index (κ1) is 21.0. The lowest BCUT2D eigenvalue weighted by Gasteiger charge is -2.34. The van der Waals surface area contributed by atoms with Crippen molar-refractivity contribution in [3.8, 4) is 5.75 Å². The minimum Gasteiger partial charge on any atom is -0.490 e. The molecule has 2 radical (unpaired) electrons. The molecule has 4 rings (SSSR count). The van der Waals surface area contributed by atoms with Crippen LogP contribution in [0, 0.1) is 5.92 Å². The molecule has 1 aromatic heterocycles. The lowest BCUT2D eigenvalue weighted by molar-refractivity contribution is 0.0199. The standard InChI is InChI=1S/C23H36BN3O2/c24-27-11-4-5-20(27)18-29-23-15-21(16-25-17-23)26-12-8-19(9-13-26)10-14-28-22-6-2-1-3-7-22/h15-17,19-20,22H,1-14,18H2/t20-/m0/s1. The van der Waals surface area contributed by atoms with Crippen LogP contribution in [-0.4, -0.2) is 62.8 Å². The zero-order valence-electron chi connectivity index (χ0n) is 17.8.